The molecule has 0 aliphatic carbocycles. The van der Waals surface area contributed by atoms with Crippen molar-refractivity contribution in [3.63, 3.8) is 0 Å². The number of hydrogen-bond donors (Lipinski definition) is 1. The molecule has 0 fully saturated rings. The van der Waals surface area contributed by atoms with Crippen molar-refractivity contribution in [3.05, 3.63) is 28.3 Å². The number of nitrogens with zero attached hydrogens (tertiary/aromatic N) is 2. The zero-order chi connectivity index (χ0) is 8.43. The first-order valence-electron chi connectivity index (χ1n) is 2.66. The molecule has 1 aromatic heterocycles. The Hall–Kier alpha value is -1.72. The largest absolute Gasteiger partial charge is 0.391 e. The molecule has 5 nitrogen and oxygen atoms in total. The monoisotopic (exact) mass is 157 g/mol. The Labute approximate surface area is 60.8 Å². The predicted octanol–water partition coefficient (Wildman–Crippen LogP) is 0.711. The molecule has 0 aliphatic heterocycles. The lowest BCUT2D eigenvalue weighted by atomic mass is 10.3. The molecule has 0 unspecified atom stereocenters. The Morgan fingerprint density at radius 2 is 2.27 bits per heavy atom. The van der Waals surface area contributed by atoms with Crippen molar-refractivity contribution in [1.82, 2.24) is 4.98 Å². The van der Waals surface area contributed by atoms with Gasteiger partial charge in [0.05, 0.1) is 11.1 Å². The summed E-state index contributed by atoms with van der Waals surface area (Å²) in [7, 11) is 0. The molecule has 0 saturated heterocycles. The number of nitrogen functional groups attached to an aromatic ring is 1. The second kappa shape index (κ2) is 2.49. The minimum atomic E-state index is -0.876. The van der Waals surface area contributed by atoms with E-state index in [0.717, 1.165) is 12.4 Å². The molecular formula is C5H4FN3O2. The molecule has 0 aliphatic rings. The van der Waals surface area contributed by atoms with Crippen molar-refractivity contribution in [2.45, 2.75) is 0 Å². The molecule has 1 rings (SSSR count). The highest BCUT2D eigenvalue weighted by Crippen LogP contribution is 2.21. The molecule has 1 heterocycles. The van der Waals surface area contributed by atoms with Crippen LogP contribution in [0.25, 0.3) is 0 Å². The Kier molecular flexibility index (Phi) is 1.67. The van der Waals surface area contributed by atoms with E-state index in [1.165, 1.54) is 0 Å². The molecule has 0 saturated carbocycles. The number of hydrogen-bond acceptors (Lipinski definition) is 4. The van der Waals surface area contributed by atoms with Crippen LogP contribution in [0.15, 0.2) is 12.4 Å². The smallest absolute Gasteiger partial charge is 0.313 e. The highest BCUT2D eigenvalue weighted by Gasteiger charge is 2.14. The second-order valence-electron chi connectivity index (χ2n) is 1.81. The number of pyridine rings is 1. The van der Waals surface area contributed by atoms with Crippen LogP contribution in [0.4, 0.5) is 15.8 Å². The molecule has 11 heavy (non-hydrogen) atoms. The summed E-state index contributed by atoms with van der Waals surface area (Å²) in [6.07, 6.45) is 1.72. The highest BCUT2D eigenvalue weighted by molar-refractivity contribution is 5.56. The molecule has 0 atom stereocenters. The summed E-state index contributed by atoms with van der Waals surface area (Å²) in [5.74, 6) is -0.876. The lowest BCUT2D eigenvalue weighted by Gasteiger charge is -1.95. The van der Waals surface area contributed by atoms with Crippen molar-refractivity contribution in [2.24, 2.45) is 0 Å². The van der Waals surface area contributed by atoms with Crippen LogP contribution in [0.1, 0.15) is 0 Å². The van der Waals surface area contributed by atoms with E-state index in [4.69, 9.17) is 5.73 Å². The van der Waals surface area contributed by atoms with Gasteiger partial charge in [0, 0.05) is 0 Å². The summed E-state index contributed by atoms with van der Waals surface area (Å²) in [6.45, 7) is 0. The van der Waals surface area contributed by atoms with E-state index >= 15 is 0 Å². The molecular weight excluding hydrogens is 153 g/mol. The average Bonchev–Trinajstić information content (AvgIpc) is 1.94. The third-order valence-electron chi connectivity index (χ3n) is 1.11. The maximum absolute atomic E-state index is 12.4. The maximum Gasteiger partial charge on any atom is 0.313 e. The Bertz CT molecular complexity index is 302. The molecule has 0 bridgehead atoms. The molecule has 0 aromatic carbocycles. The van der Waals surface area contributed by atoms with Crippen molar-refractivity contribution in [2.75, 3.05) is 5.73 Å². The van der Waals surface area contributed by atoms with Crippen molar-refractivity contribution in [3.8, 4) is 0 Å². The minimum absolute atomic E-state index is 0.481. The van der Waals surface area contributed by atoms with Gasteiger partial charge in [-0.3, -0.25) is 15.1 Å². The van der Waals surface area contributed by atoms with Gasteiger partial charge >= 0.3 is 5.69 Å². The molecule has 0 amide bonds. The number of aromatic nitrogens is 1. The van der Waals surface area contributed by atoms with Crippen LogP contribution in [-0.2, 0) is 0 Å². The van der Waals surface area contributed by atoms with Crippen LogP contribution in [0.3, 0.4) is 0 Å². The van der Waals surface area contributed by atoms with Gasteiger partial charge in [0.15, 0.2) is 5.82 Å². The Morgan fingerprint density at radius 1 is 1.64 bits per heavy atom. The number of anilines is 1. The molecule has 0 spiro atoms. The third kappa shape index (κ3) is 1.23. The van der Waals surface area contributed by atoms with Gasteiger partial charge in [-0.15, -0.1) is 0 Å². The third-order valence-corrected chi connectivity index (χ3v) is 1.11. The zero-order valence-corrected chi connectivity index (χ0v) is 5.32. The predicted molar refractivity (Wildman–Crippen MR) is 35.3 cm³/mol. The number of nitrogens with two attached hydrogens (primary N) is 1. The fourth-order valence-electron chi connectivity index (χ4n) is 0.580. The maximum atomic E-state index is 12.4. The van der Waals surface area contributed by atoms with Crippen molar-refractivity contribution in [1.29, 1.82) is 0 Å². The van der Waals surface area contributed by atoms with E-state index in [0.29, 0.717) is 0 Å². The van der Waals surface area contributed by atoms with Gasteiger partial charge in [-0.25, -0.2) is 4.39 Å². The van der Waals surface area contributed by atoms with E-state index in [-0.39, 0.29) is 0 Å². The second-order valence-corrected chi connectivity index (χ2v) is 1.81. The Balaban J connectivity index is 3.27. The quantitative estimate of drug-likeness (QED) is 0.480. The van der Waals surface area contributed by atoms with Crippen LogP contribution in [-0.4, -0.2) is 9.91 Å². The highest BCUT2D eigenvalue weighted by atomic mass is 19.1. The molecule has 1 aromatic rings. The van der Waals surface area contributed by atoms with Crippen LogP contribution in [0.5, 0.6) is 0 Å². The summed E-state index contributed by atoms with van der Waals surface area (Å²) in [5.41, 5.74) is 4.04. The molecule has 0 radical (unpaired) electrons. The molecule has 58 valence electrons. The average molecular weight is 157 g/mol. The number of nitro groups is 1. The van der Waals surface area contributed by atoms with Gasteiger partial charge in [0.25, 0.3) is 0 Å². The van der Waals surface area contributed by atoms with Gasteiger partial charge in [-0.05, 0) is 0 Å². The standard InChI is InChI=1S/C5H4FN3O2/c6-3-1-8-2-4(5(3)7)9(10)11/h1-2H,(H2,7,8). The van der Waals surface area contributed by atoms with Gasteiger partial charge in [0.2, 0.25) is 0 Å². The van der Waals surface area contributed by atoms with Gasteiger partial charge in [-0.1, -0.05) is 0 Å². The van der Waals surface area contributed by atoms with E-state index in [9.17, 15) is 14.5 Å². The lowest BCUT2D eigenvalue weighted by molar-refractivity contribution is -0.384. The van der Waals surface area contributed by atoms with Gasteiger partial charge in [0.1, 0.15) is 11.9 Å². The molecule has 2 N–H and O–H groups in total. The van der Waals surface area contributed by atoms with Crippen LogP contribution < -0.4 is 5.73 Å². The first-order chi connectivity index (χ1) is 5.13. The fourth-order valence-corrected chi connectivity index (χ4v) is 0.580. The van der Waals surface area contributed by atoms with Crippen LogP contribution >= 0.6 is 0 Å². The van der Waals surface area contributed by atoms with E-state index in [2.05, 4.69) is 4.98 Å². The lowest BCUT2D eigenvalue weighted by Crippen LogP contribution is -1.99. The normalized spacial score (nSPS) is 9.55. The summed E-state index contributed by atoms with van der Waals surface area (Å²) < 4.78 is 12.4. The summed E-state index contributed by atoms with van der Waals surface area (Å²) >= 11 is 0. The SMILES string of the molecule is Nc1c(F)cncc1[N+](=O)[O-]. The Morgan fingerprint density at radius 3 is 2.73 bits per heavy atom. The first-order valence-corrected chi connectivity index (χ1v) is 2.66. The zero-order valence-electron chi connectivity index (χ0n) is 5.32. The van der Waals surface area contributed by atoms with Gasteiger partial charge in [-0.2, -0.15) is 0 Å². The van der Waals surface area contributed by atoms with E-state index in [1.54, 1.807) is 0 Å². The fraction of sp³-hybridized carbons (Fsp3) is 0. The summed E-state index contributed by atoms with van der Waals surface area (Å²) in [5, 5.41) is 10.1. The van der Waals surface area contributed by atoms with Crippen molar-refractivity contribution >= 4 is 11.4 Å². The van der Waals surface area contributed by atoms with Gasteiger partial charge < -0.3 is 5.73 Å². The summed E-state index contributed by atoms with van der Waals surface area (Å²) in [6, 6.07) is 0. The van der Waals surface area contributed by atoms with E-state index < -0.39 is 22.1 Å². The summed E-state index contributed by atoms with van der Waals surface area (Å²) in [4.78, 5) is 12.6. The minimum Gasteiger partial charge on any atom is -0.391 e. The topological polar surface area (TPSA) is 82.0 Å². The molecule has 6 heteroatoms. The van der Waals surface area contributed by atoms with Crippen molar-refractivity contribution < 1.29 is 9.31 Å². The van der Waals surface area contributed by atoms with E-state index in [1.807, 2.05) is 0 Å². The number of rotatable bonds is 1. The van der Waals surface area contributed by atoms with Crippen LogP contribution in [0, 0.1) is 15.9 Å². The first kappa shape index (κ1) is 7.39. The number of halogens is 1. The van der Waals surface area contributed by atoms with Crippen LogP contribution in [0.2, 0.25) is 0 Å².